The highest BCUT2D eigenvalue weighted by Crippen LogP contribution is 2.44. The number of hydrogen-bond acceptors (Lipinski definition) is 2. The predicted octanol–water partition coefficient (Wildman–Crippen LogP) is 3.35. The van der Waals surface area contributed by atoms with E-state index in [0.717, 1.165) is 30.1 Å². The second kappa shape index (κ2) is 5.84. The van der Waals surface area contributed by atoms with Crippen LogP contribution in [0, 0.1) is 5.41 Å². The van der Waals surface area contributed by atoms with Crippen molar-refractivity contribution in [2.24, 2.45) is 12.5 Å². The van der Waals surface area contributed by atoms with E-state index in [1.54, 1.807) is 0 Å². The molecule has 3 nitrogen and oxygen atoms in total. The molecule has 0 saturated heterocycles. The molecule has 1 aromatic rings. The lowest BCUT2D eigenvalue weighted by atomic mass is 9.66. The second-order valence-electron chi connectivity index (χ2n) is 6.25. The Bertz CT molecular complexity index is 433. The first kappa shape index (κ1) is 14.9. The average molecular weight is 284 g/mol. The smallest absolute Gasteiger partial charge is 0.0849 e. The number of aromatic nitrogens is 2. The fourth-order valence-corrected chi connectivity index (χ4v) is 3.24. The third-order valence-electron chi connectivity index (χ3n) is 4.34. The van der Waals surface area contributed by atoms with Gasteiger partial charge in [0.25, 0.3) is 0 Å². The van der Waals surface area contributed by atoms with Gasteiger partial charge in [-0.1, -0.05) is 38.8 Å². The average Bonchev–Trinajstić information content (AvgIpc) is 2.58. The number of aryl methyl sites for hydroxylation is 2. The lowest BCUT2D eigenvalue weighted by Gasteiger charge is -2.43. The van der Waals surface area contributed by atoms with Gasteiger partial charge < -0.3 is 5.32 Å². The second-order valence-corrected chi connectivity index (χ2v) is 6.63. The van der Waals surface area contributed by atoms with Crippen LogP contribution in [-0.2, 0) is 19.9 Å². The third kappa shape index (κ3) is 3.14. The molecule has 0 aliphatic heterocycles. The molecule has 1 aliphatic rings. The van der Waals surface area contributed by atoms with E-state index in [-0.39, 0.29) is 0 Å². The van der Waals surface area contributed by atoms with Crippen LogP contribution in [0.2, 0.25) is 5.02 Å². The van der Waals surface area contributed by atoms with Crippen LogP contribution >= 0.6 is 11.6 Å². The van der Waals surface area contributed by atoms with E-state index in [9.17, 15) is 0 Å². The van der Waals surface area contributed by atoms with Gasteiger partial charge in [0.2, 0.25) is 0 Å². The maximum atomic E-state index is 6.48. The molecule has 0 bridgehead atoms. The minimum absolute atomic E-state index is 0.396. The minimum Gasteiger partial charge on any atom is -0.314 e. The van der Waals surface area contributed by atoms with E-state index in [4.69, 9.17) is 11.6 Å². The summed E-state index contributed by atoms with van der Waals surface area (Å²) in [6, 6.07) is 0.547. The van der Waals surface area contributed by atoms with Crippen LogP contribution in [-0.4, -0.2) is 22.4 Å². The van der Waals surface area contributed by atoms with E-state index >= 15 is 0 Å². The van der Waals surface area contributed by atoms with Crippen molar-refractivity contribution in [1.82, 2.24) is 15.1 Å². The van der Waals surface area contributed by atoms with Crippen LogP contribution in [0.3, 0.4) is 0 Å². The Kier molecular flexibility index (Phi) is 4.57. The molecule has 1 N–H and O–H groups in total. The SMILES string of the molecule is CCc1nn(C)c(CC2(CNC(C)C)CCC2)c1Cl. The Hall–Kier alpha value is -0.540. The molecule has 0 radical (unpaired) electrons. The highest BCUT2D eigenvalue weighted by atomic mass is 35.5. The molecule has 2 rings (SSSR count). The quantitative estimate of drug-likeness (QED) is 0.868. The fourth-order valence-electron chi connectivity index (χ4n) is 2.88. The first-order chi connectivity index (χ1) is 8.97. The summed E-state index contributed by atoms with van der Waals surface area (Å²) in [5.41, 5.74) is 2.64. The Morgan fingerprint density at radius 1 is 1.42 bits per heavy atom. The number of nitrogens with zero attached hydrogens (tertiary/aromatic N) is 2. The van der Waals surface area contributed by atoms with Crippen LogP contribution in [0.1, 0.15) is 51.4 Å². The summed E-state index contributed by atoms with van der Waals surface area (Å²) in [4.78, 5) is 0. The summed E-state index contributed by atoms with van der Waals surface area (Å²) in [7, 11) is 2.02. The molecular weight excluding hydrogens is 258 g/mol. The zero-order valence-electron chi connectivity index (χ0n) is 12.6. The predicted molar refractivity (Wildman–Crippen MR) is 80.7 cm³/mol. The van der Waals surface area contributed by atoms with E-state index in [0.29, 0.717) is 11.5 Å². The first-order valence-electron chi connectivity index (χ1n) is 7.41. The van der Waals surface area contributed by atoms with Gasteiger partial charge >= 0.3 is 0 Å². The van der Waals surface area contributed by atoms with Crippen molar-refractivity contribution < 1.29 is 0 Å². The van der Waals surface area contributed by atoms with Crippen LogP contribution in [0.4, 0.5) is 0 Å². The molecule has 19 heavy (non-hydrogen) atoms. The normalized spacial score (nSPS) is 17.8. The fraction of sp³-hybridized carbons (Fsp3) is 0.800. The van der Waals surface area contributed by atoms with Crippen LogP contribution in [0.15, 0.2) is 0 Å². The van der Waals surface area contributed by atoms with Crippen molar-refractivity contribution in [1.29, 1.82) is 0 Å². The molecule has 0 aromatic carbocycles. The molecule has 1 aromatic heterocycles. The van der Waals surface area contributed by atoms with Crippen LogP contribution in [0.5, 0.6) is 0 Å². The summed E-state index contributed by atoms with van der Waals surface area (Å²) in [5.74, 6) is 0. The summed E-state index contributed by atoms with van der Waals surface area (Å²) in [6.45, 7) is 7.61. The van der Waals surface area contributed by atoms with Gasteiger partial charge in [0, 0.05) is 19.6 Å². The van der Waals surface area contributed by atoms with Crippen molar-refractivity contribution in [3.8, 4) is 0 Å². The molecule has 1 fully saturated rings. The monoisotopic (exact) mass is 283 g/mol. The Labute approximate surface area is 121 Å². The Balaban J connectivity index is 2.12. The maximum Gasteiger partial charge on any atom is 0.0849 e. The molecule has 108 valence electrons. The molecule has 1 heterocycles. The summed E-state index contributed by atoms with van der Waals surface area (Å²) >= 11 is 6.48. The van der Waals surface area contributed by atoms with Gasteiger partial charge in [0.15, 0.2) is 0 Å². The summed E-state index contributed by atoms with van der Waals surface area (Å²) in [6.07, 6.45) is 5.90. The van der Waals surface area contributed by atoms with Crippen molar-refractivity contribution in [2.45, 2.75) is 58.9 Å². The van der Waals surface area contributed by atoms with Gasteiger partial charge in [0.1, 0.15) is 0 Å². The largest absolute Gasteiger partial charge is 0.314 e. The van der Waals surface area contributed by atoms with Gasteiger partial charge in [0.05, 0.1) is 16.4 Å². The van der Waals surface area contributed by atoms with Gasteiger partial charge in [-0.2, -0.15) is 5.10 Å². The van der Waals surface area contributed by atoms with E-state index in [1.165, 1.54) is 25.0 Å². The molecule has 1 aliphatic carbocycles. The zero-order valence-corrected chi connectivity index (χ0v) is 13.3. The van der Waals surface area contributed by atoms with Crippen molar-refractivity contribution >= 4 is 11.6 Å². The molecule has 1 saturated carbocycles. The summed E-state index contributed by atoms with van der Waals surface area (Å²) in [5, 5.41) is 9.02. The van der Waals surface area contributed by atoms with E-state index in [1.807, 2.05) is 11.7 Å². The Morgan fingerprint density at radius 3 is 2.53 bits per heavy atom. The van der Waals surface area contributed by atoms with Crippen LogP contribution < -0.4 is 5.32 Å². The molecule has 0 spiro atoms. The summed E-state index contributed by atoms with van der Waals surface area (Å²) < 4.78 is 1.98. The van der Waals surface area contributed by atoms with Gasteiger partial charge in [-0.3, -0.25) is 4.68 Å². The lowest BCUT2D eigenvalue weighted by Crippen LogP contribution is -2.44. The standard InChI is InChI=1S/C15H26ClN3/c1-5-12-14(16)13(19(4)18-12)9-15(7-6-8-15)10-17-11(2)3/h11,17H,5-10H2,1-4H3. The van der Waals surface area contributed by atoms with E-state index in [2.05, 4.69) is 31.2 Å². The lowest BCUT2D eigenvalue weighted by molar-refractivity contribution is 0.124. The third-order valence-corrected chi connectivity index (χ3v) is 4.78. The topological polar surface area (TPSA) is 29.9 Å². The highest BCUT2D eigenvalue weighted by molar-refractivity contribution is 6.31. The van der Waals surface area contributed by atoms with E-state index < -0.39 is 0 Å². The molecule has 0 atom stereocenters. The number of halogens is 1. The maximum absolute atomic E-state index is 6.48. The number of rotatable bonds is 6. The first-order valence-corrected chi connectivity index (χ1v) is 7.79. The van der Waals surface area contributed by atoms with Gasteiger partial charge in [-0.15, -0.1) is 0 Å². The molecule has 4 heteroatoms. The number of hydrogen-bond donors (Lipinski definition) is 1. The number of nitrogens with one attached hydrogen (secondary N) is 1. The van der Waals surface area contributed by atoms with Crippen LogP contribution in [0.25, 0.3) is 0 Å². The van der Waals surface area contributed by atoms with Crippen molar-refractivity contribution in [3.05, 3.63) is 16.4 Å². The minimum atomic E-state index is 0.396. The van der Waals surface area contributed by atoms with Gasteiger partial charge in [-0.25, -0.2) is 0 Å². The Morgan fingerprint density at radius 2 is 2.11 bits per heavy atom. The van der Waals surface area contributed by atoms with Gasteiger partial charge in [-0.05, 0) is 31.1 Å². The van der Waals surface area contributed by atoms with Crippen molar-refractivity contribution in [2.75, 3.05) is 6.54 Å². The zero-order chi connectivity index (χ0) is 14.0. The highest BCUT2D eigenvalue weighted by Gasteiger charge is 2.38. The van der Waals surface area contributed by atoms with Crippen molar-refractivity contribution in [3.63, 3.8) is 0 Å². The molecule has 0 unspecified atom stereocenters. The molecular formula is C15H26ClN3. The molecule has 0 amide bonds.